The molecule has 0 amide bonds. The second kappa shape index (κ2) is 2.42. The van der Waals surface area contributed by atoms with Gasteiger partial charge in [-0.3, -0.25) is 0 Å². The molecule has 1 heteroatoms. The van der Waals surface area contributed by atoms with Crippen LogP contribution in [0.3, 0.4) is 0 Å². The molecule has 0 aromatic rings. The van der Waals surface area contributed by atoms with Gasteiger partial charge < -0.3 is 0 Å². The van der Waals surface area contributed by atoms with E-state index in [9.17, 15) is 0 Å². The van der Waals surface area contributed by atoms with Gasteiger partial charge in [0, 0.05) is 9.49 Å². The molecule has 2 fully saturated rings. The average molecular weight is 170 g/mol. The molecule has 2 aliphatic rings. The Kier molecular flexibility index (Phi) is 1.75. The molecule has 2 atom stereocenters. The lowest BCUT2D eigenvalue weighted by Crippen LogP contribution is -2.16. The molecule has 0 saturated carbocycles. The minimum absolute atomic E-state index is 0.658. The molecule has 0 aromatic carbocycles. The third-order valence-corrected chi connectivity index (χ3v) is 5.14. The van der Waals surface area contributed by atoms with Crippen LogP contribution in [0.4, 0.5) is 0 Å². The van der Waals surface area contributed by atoms with Crippen molar-refractivity contribution in [2.24, 2.45) is 0 Å². The first-order chi connectivity index (χ1) is 5.12. The van der Waals surface area contributed by atoms with Gasteiger partial charge in [-0.1, -0.05) is 26.7 Å². The molecule has 2 heterocycles. The van der Waals surface area contributed by atoms with Crippen molar-refractivity contribution in [3.05, 3.63) is 0 Å². The fraction of sp³-hybridized carbons (Fsp3) is 1.00. The first kappa shape index (κ1) is 7.97. The van der Waals surface area contributed by atoms with Crippen molar-refractivity contribution in [3.8, 4) is 0 Å². The number of hydrogen-bond acceptors (Lipinski definition) is 1. The van der Waals surface area contributed by atoms with Gasteiger partial charge in [0.05, 0.1) is 0 Å². The van der Waals surface area contributed by atoms with Crippen LogP contribution in [-0.2, 0) is 0 Å². The van der Waals surface area contributed by atoms with Crippen LogP contribution in [0, 0.1) is 0 Å². The Labute approximate surface area is 74.1 Å². The maximum atomic E-state index is 2.47. The van der Waals surface area contributed by atoms with Crippen LogP contribution in [0.1, 0.15) is 52.4 Å². The highest BCUT2D eigenvalue weighted by Crippen LogP contribution is 2.56. The average Bonchev–Trinajstić information content (AvgIpc) is 2.11. The van der Waals surface area contributed by atoms with Crippen LogP contribution in [0.25, 0.3) is 0 Å². The Morgan fingerprint density at radius 2 is 1.27 bits per heavy atom. The summed E-state index contributed by atoms with van der Waals surface area (Å²) < 4.78 is 1.32. The van der Waals surface area contributed by atoms with E-state index in [1.54, 1.807) is 0 Å². The van der Waals surface area contributed by atoms with E-state index in [-0.39, 0.29) is 0 Å². The third kappa shape index (κ3) is 1.44. The monoisotopic (exact) mass is 170 g/mol. The topological polar surface area (TPSA) is 0 Å². The third-order valence-electron chi connectivity index (χ3n) is 3.34. The molecule has 11 heavy (non-hydrogen) atoms. The molecule has 0 radical (unpaired) electrons. The Morgan fingerprint density at radius 1 is 0.818 bits per heavy atom. The van der Waals surface area contributed by atoms with Crippen LogP contribution in [0.15, 0.2) is 0 Å². The summed E-state index contributed by atoms with van der Waals surface area (Å²) in [6.07, 6.45) is 8.81. The van der Waals surface area contributed by atoms with Crippen molar-refractivity contribution >= 4 is 11.8 Å². The SMILES string of the molecule is CC12CCCCC(C)(CC1)S2. The molecule has 0 spiro atoms. The van der Waals surface area contributed by atoms with Gasteiger partial charge in [-0.05, 0) is 25.7 Å². The number of hydrogen-bond donors (Lipinski definition) is 0. The Hall–Kier alpha value is 0.350. The van der Waals surface area contributed by atoms with Gasteiger partial charge in [0.2, 0.25) is 0 Å². The lowest BCUT2D eigenvalue weighted by Gasteiger charge is -2.24. The molecule has 64 valence electrons. The number of fused-ring (bicyclic) bond motifs is 2. The molecule has 0 N–H and O–H groups in total. The lowest BCUT2D eigenvalue weighted by atomic mass is 9.87. The first-order valence-electron chi connectivity index (χ1n) is 4.82. The maximum Gasteiger partial charge on any atom is 0.0137 e. The summed E-state index contributed by atoms with van der Waals surface area (Å²) in [5.74, 6) is 0. The molecular formula is C10H18S. The molecule has 2 bridgehead atoms. The summed E-state index contributed by atoms with van der Waals surface area (Å²) in [7, 11) is 0. The lowest BCUT2D eigenvalue weighted by molar-refractivity contribution is 0.434. The predicted octanol–water partition coefficient (Wildman–Crippen LogP) is 3.60. The molecule has 2 unspecified atom stereocenters. The zero-order valence-corrected chi connectivity index (χ0v) is 8.47. The van der Waals surface area contributed by atoms with Gasteiger partial charge >= 0.3 is 0 Å². The first-order valence-corrected chi connectivity index (χ1v) is 5.64. The summed E-state index contributed by atoms with van der Waals surface area (Å²) in [6, 6.07) is 0. The molecule has 2 aliphatic heterocycles. The number of thioether (sulfide) groups is 1. The van der Waals surface area contributed by atoms with E-state index in [0.717, 1.165) is 0 Å². The van der Waals surface area contributed by atoms with Gasteiger partial charge in [0.25, 0.3) is 0 Å². The van der Waals surface area contributed by atoms with Gasteiger partial charge in [-0.25, -0.2) is 0 Å². The van der Waals surface area contributed by atoms with Crippen LogP contribution in [-0.4, -0.2) is 9.49 Å². The van der Waals surface area contributed by atoms with Crippen molar-refractivity contribution in [1.82, 2.24) is 0 Å². The fourth-order valence-corrected chi connectivity index (χ4v) is 4.67. The standard InChI is InChI=1S/C10H18S/c1-9-5-3-4-6-10(2,11-9)8-7-9/h3-8H2,1-2H3. The smallest absolute Gasteiger partial charge is 0.0137 e. The van der Waals surface area contributed by atoms with Crippen molar-refractivity contribution in [2.75, 3.05) is 0 Å². The molecular weight excluding hydrogens is 152 g/mol. The summed E-state index contributed by atoms with van der Waals surface area (Å²) >= 11 is 2.28. The molecule has 2 saturated heterocycles. The highest BCUT2D eigenvalue weighted by atomic mass is 32.2. The molecule has 0 nitrogen and oxygen atoms in total. The zero-order valence-electron chi connectivity index (χ0n) is 7.65. The van der Waals surface area contributed by atoms with Crippen molar-refractivity contribution in [2.45, 2.75) is 61.9 Å². The second-order valence-corrected chi connectivity index (χ2v) is 6.88. The fourth-order valence-electron chi connectivity index (χ4n) is 2.58. The Morgan fingerprint density at radius 3 is 1.73 bits per heavy atom. The van der Waals surface area contributed by atoms with Crippen LogP contribution in [0.2, 0.25) is 0 Å². The minimum atomic E-state index is 0.658. The zero-order chi connectivity index (χ0) is 7.95. The summed E-state index contributed by atoms with van der Waals surface area (Å²) in [6.45, 7) is 4.93. The van der Waals surface area contributed by atoms with Gasteiger partial charge in [-0.15, -0.1) is 11.8 Å². The van der Waals surface area contributed by atoms with E-state index in [2.05, 4.69) is 25.6 Å². The van der Waals surface area contributed by atoms with E-state index in [0.29, 0.717) is 9.49 Å². The molecule has 0 aromatic heterocycles. The molecule has 0 aliphatic carbocycles. The maximum absolute atomic E-state index is 2.47. The highest BCUT2D eigenvalue weighted by molar-refractivity contribution is 8.02. The quantitative estimate of drug-likeness (QED) is 0.535. The van der Waals surface area contributed by atoms with Crippen molar-refractivity contribution in [3.63, 3.8) is 0 Å². The van der Waals surface area contributed by atoms with E-state index >= 15 is 0 Å². The van der Waals surface area contributed by atoms with Crippen molar-refractivity contribution < 1.29 is 0 Å². The highest BCUT2D eigenvalue weighted by Gasteiger charge is 2.44. The van der Waals surface area contributed by atoms with E-state index in [1.165, 1.54) is 38.5 Å². The normalized spacial score (nSPS) is 50.7. The Balaban J connectivity index is 2.18. The minimum Gasteiger partial charge on any atom is -0.149 e. The largest absolute Gasteiger partial charge is 0.149 e. The van der Waals surface area contributed by atoms with Crippen LogP contribution in [0.5, 0.6) is 0 Å². The van der Waals surface area contributed by atoms with E-state index < -0.39 is 0 Å². The Bertz CT molecular complexity index is 140. The summed E-state index contributed by atoms with van der Waals surface area (Å²) in [4.78, 5) is 0. The molecule has 2 rings (SSSR count). The predicted molar refractivity (Wildman–Crippen MR) is 52.1 cm³/mol. The summed E-state index contributed by atoms with van der Waals surface area (Å²) in [5.41, 5.74) is 0. The van der Waals surface area contributed by atoms with Crippen molar-refractivity contribution in [1.29, 1.82) is 0 Å². The van der Waals surface area contributed by atoms with E-state index in [4.69, 9.17) is 0 Å². The van der Waals surface area contributed by atoms with E-state index in [1.807, 2.05) is 0 Å². The van der Waals surface area contributed by atoms with Gasteiger partial charge in [0.1, 0.15) is 0 Å². The van der Waals surface area contributed by atoms with Gasteiger partial charge in [-0.2, -0.15) is 0 Å². The summed E-state index contributed by atoms with van der Waals surface area (Å²) in [5, 5.41) is 0. The van der Waals surface area contributed by atoms with Crippen LogP contribution < -0.4 is 0 Å². The number of rotatable bonds is 0. The van der Waals surface area contributed by atoms with Gasteiger partial charge in [0.15, 0.2) is 0 Å². The van der Waals surface area contributed by atoms with Crippen LogP contribution >= 0.6 is 11.8 Å². The second-order valence-electron chi connectivity index (χ2n) is 4.71.